The Labute approximate surface area is 108 Å². The van der Waals surface area contributed by atoms with Crippen LogP contribution in [0.3, 0.4) is 0 Å². The quantitative estimate of drug-likeness (QED) is 0.844. The molecule has 1 aliphatic heterocycles. The van der Waals surface area contributed by atoms with Crippen molar-refractivity contribution in [3.8, 4) is 0 Å². The van der Waals surface area contributed by atoms with Crippen LogP contribution in [0.5, 0.6) is 0 Å². The highest BCUT2D eigenvalue weighted by molar-refractivity contribution is 5.03. The number of rotatable bonds is 5. The maximum absolute atomic E-state index is 9.64. The van der Waals surface area contributed by atoms with Gasteiger partial charge >= 0.3 is 0 Å². The third kappa shape index (κ3) is 3.80. The van der Waals surface area contributed by atoms with Crippen LogP contribution in [-0.4, -0.2) is 58.9 Å². The van der Waals surface area contributed by atoms with Crippen molar-refractivity contribution >= 4 is 0 Å². The third-order valence-corrected chi connectivity index (χ3v) is 3.46. The lowest BCUT2D eigenvalue weighted by Crippen LogP contribution is -2.48. The maximum atomic E-state index is 9.64. The molecule has 1 atom stereocenters. The average Bonchev–Trinajstić information content (AvgIpc) is 2.77. The van der Waals surface area contributed by atoms with Crippen molar-refractivity contribution in [2.24, 2.45) is 0 Å². The molecule has 0 radical (unpaired) electrons. The summed E-state index contributed by atoms with van der Waals surface area (Å²) in [5.41, 5.74) is 0.940. The Balaban J connectivity index is 1.73. The number of β-amino-alcohol motifs (C(OH)–C–C–N with tert-alkyl or cyclic N) is 1. The zero-order valence-electron chi connectivity index (χ0n) is 11.3. The molecule has 0 unspecified atom stereocenters. The first-order valence-corrected chi connectivity index (χ1v) is 6.72. The van der Waals surface area contributed by atoms with Crippen LogP contribution in [0.15, 0.2) is 10.6 Å². The molecule has 1 N–H and O–H groups in total. The van der Waals surface area contributed by atoms with E-state index in [0.717, 1.165) is 57.1 Å². The molecule has 1 aromatic heterocycles. The van der Waals surface area contributed by atoms with Gasteiger partial charge in [-0.3, -0.25) is 9.80 Å². The summed E-state index contributed by atoms with van der Waals surface area (Å²) in [4.78, 5) is 4.70. The summed E-state index contributed by atoms with van der Waals surface area (Å²) in [6.45, 7) is 9.68. The Bertz CT molecular complexity index is 359. The monoisotopic (exact) mass is 253 g/mol. The van der Waals surface area contributed by atoms with E-state index in [2.05, 4.69) is 15.0 Å². The summed E-state index contributed by atoms with van der Waals surface area (Å²) < 4.78 is 5.23. The Morgan fingerprint density at radius 3 is 2.56 bits per heavy atom. The molecule has 1 aromatic rings. The van der Waals surface area contributed by atoms with Crippen LogP contribution in [0.1, 0.15) is 24.8 Å². The number of hydrogen-bond donors (Lipinski definition) is 1. The molecule has 1 fully saturated rings. The van der Waals surface area contributed by atoms with Gasteiger partial charge in [0.15, 0.2) is 5.76 Å². The van der Waals surface area contributed by atoms with Crippen molar-refractivity contribution in [3.63, 3.8) is 0 Å². The van der Waals surface area contributed by atoms with Gasteiger partial charge in [0.25, 0.3) is 0 Å². The molecular formula is C13H23N3O2. The summed E-state index contributed by atoms with van der Waals surface area (Å²) in [6.07, 6.45) is 0.644. The molecule has 1 saturated heterocycles. The van der Waals surface area contributed by atoms with Crippen LogP contribution in [0.2, 0.25) is 0 Å². The second-order valence-electron chi connectivity index (χ2n) is 5.07. The van der Waals surface area contributed by atoms with E-state index in [0.29, 0.717) is 0 Å². The molecule has 0 aromatic carbocycles. The fraction of sp³-hybridized carbons (Fsp3) is 0.769. The third-order valence-electron chi connectivity index (χ3n) is 3.46. The molecule has 0 amide bonds. The zero-order chi connectivity index (χ0) is 13.0. The molecule has 0 bridgehead atoms. The van der Waals surface area contributed by atoms with Crippen LogP contribution in [0.25, 0.3) is 0 Å². The molecule has 102 valence electrons. The van der Waals surface area contributed by atoms with Gasteiger partial charge in [-0.1, -0.05) is 12.1 Å². The predicted molar refractivity (Wildman–Crippen MR) is 69.3 cm³/mol. The van der Waals surface area contributed by atoms with E-state index in [1.165, 1.54) is 0 Å². The Morgan fingerprint density at radius 1 is 1.33 bits per heavy atom. The fourth-order valence-electron chi connectivity index (χ4n) is 2.27. The van der Waals surface area contributed by atoms with E-state index in [1.807, 2.05) is 19.9 Å². The van der Waals surface area contributed by atoms with Crippen LogP contribution >= 0.6 is 0 Å². The van der Waals surface area contributed by atoms with E-state index in [1.54, 1.807) is 0 Å². The Hall–Kier alpha value is -0.910. The fourth-order valence-corrected chi connectivity index (χ4v) is 2.27. The highest BCUT2D eigenvalue weighted by Crippen LogP contribution is 2.10. The number of aliphatic hydroxyl groups is 1. The first-order valence-electron chi connectivity index (χ1n) is 6.72. The van der Waals surface area contributed by atoms with E-state index in [4.69, 9.17) is 4.52 Å². The lowest BCUT2D eigenvalue weighted by molar-refractivity contribution is 0.0657. The maximum Gasteiger partial charge on any atom is 0.150 e. The average molecular weight is 253 g/mol. The van der Waals surface area contributed by atoms with Gasteiger partial charge in [-0.25, -0.2) is 0 Å². The Kier molecular flexibility index (Phi) is 4.74. The van der Waals surface area contributed by atoms with Crippen LogP contribution in [0.4, 0.5) is 0 Å². The second kappa shape index (κ2) is 6.31. The summed E-state index contributed by atoms with van der Waals surface area (Å²) >= 11 is 0. The molecule has 2 heterocycles. The summed E-state index contributed by atoms with van der Waals surface area (Å²) in [5.74, 6) is 0.939. The number of hydrogen-bond acceptors (Lipinski definition) is 5. The van der Waals surface area contributed by atoms with Gasteiger partial charge in [0.2, 0.25) is 0 Å². The molecule has 5 nitrogen and oxygen atoms in total. The molecule has 2 rings (SSSR count). The first-order chi connectivity index (χ1) is 8.67. The van der Waals surface area contributed by atoms with E-state index in [9.17, 15) is 5.11 Å². The zero-order valence-corrected chi connectivity index (χ0v) is 11.3. The van der Waals surface area contributed by atoms with Gasteiger partial charge in [-0.2, -0.15) is 0 Å². The molecule has 0 aliphatic carbocycles. The first kappa shape index (κ1) is 13.5. The minimum absolute atomic E-state index is 0.187. The predicted octanol–water partition coefficient (Wildman–Crippen LogP) is 0.872. The molecular weight excluding hydrogens is 230 g/mol. The summed E-state index contributed by atoms with van der Waals surface area (Å²) in [6, 6.07) is 1.99. The largest absolute Gasteiger partial charge is 0.392 e. The minimum Gasteiger partial charge on any atom is -0.392 e. The minimum atomic E-state index is -0.187. The van der Waals surface area contributed by atoms with E-state index < -0.39 is 0 Å². The van der Waals surface area contributed by atoms with Crippen molar-refractivity contribution in [2.75, 3.05) is 32.7 Å². The SMILES string of the molecule is CC[C@@H](O)CN1CCN(Cc2cc(C)no2)CC1. The van der Waals surface area contributed by atoms with Gasteiger partial charge in [0.05, 0.1) is 18.3 Å². The normalized spacial score (nSPS) is 20.2. The number of piperazine rings is 1. The smallest absolute Gasteiger partial charge is 0.150 e. The van der Waals surface area contributed by atoms with Gasteiger partial charge < -0.3 is 9.63 Å². The topological polar surface area (TPSA) is 52.7 Å². The lowest BCUT2D eigenvalue weighted by atomic mass is 10.2. The molecule has 0 spiro atoms. The molecule has 5 heteroatoms. The number of aliphatic hydroxyl groups excluding tert-OH is 1. The van der Waals surface area contributed by atoms with Gasteiger partial charge in [0, 0.05) is 38.8 Å². The highest BCUT2D eigenvalue weighted by Gasteiger charge is 2.19. The van der Waals surface area contributed by atoms with Gasteiger partial charge in [0.1, 0.15) is 0 Å². The highest BCUT2D eigenvalue weighted by atomic mass is 16.5. The van der Waals surface area contributed by atoms with E-state index >= 15 is 0 Å². The van der Waals surface area contributed by atoms with Crippen molar-refractivity contribution < 1.29 is 9.63 Å². The summed E-state index contributed by atoms with van der Waals surface area (Å²) in [7, 11) is 0. The van der Waals surface area contributed by atoms with Crippen LogP contribution < -0.4 is 0 Å². The van der Waals surface area contributed by atoms with Crippen molar-refractivity contribution in [1.82, 2.24) is 15.0 Å². The number of nitrogens with zero attached hydrogens (tertiary/aromatic N) is 3. The van der Waals surface area contributed by atoms with Gasteiger partial charge in [-0.05, 0) is 13.3 Å². The number of aryl methyl sites for hydroxylation is 1. The van der Waals surface area contributed by atoms with Crippen molar-refractivity contribution in [1.29, 1.82) is 0 Å². The van der Waals surface area contributed by atoms with Crippen molar-refractivity contribution in [2.45, 2.75) is 32.9 Å². The van der Waals surface area contributed by atoms with Crippen LogP contribution in [-0.2, 0) is 6.54 Å². The molecule has 1 aliphatic rings. The summed E-state index contributed by atoms with van der Waals surface area (Å²) in [5, 5.41) is 13.5. The Morgan fingerprint density at radius 2 is 2.00 bits per heavy atom. The molecule has 18 heavy (non-hydrogen) atoms. The molecule has 0 saturated carbocycles. The second-order valence-corrected chi connectivity index (χ2v) is 5.07. The van der Waals surface area contributed by atoms with Crippen LogP contribution in [0, 0.1) is 6.92 Å². The van der Waals surface area contributed by atoms with Gasteiger partial charge in [-0.15, -0.1) is 0 Å². The number of aromatic nitrogens is 1. The van der Waals surface area contributed by atoms with Crippen molar-refractivity contribution in [3.05, 3.63) is 17.5 Å². The lowest BCUT2D eigenvalue weighted by Gasteiger charge is -2.34. The standard InChI is InChI=1S/C13H23N3O2/c1-3-12(17)9-15-4-6-16(7-5-15)10-13-8-11(2)14-18-13/h8,12,17H,3-7,9-10H2,1-2H3/t12-/m1/s1. The van der Waals surface area contributed by atoms with E-state index in [-0.39, 0.29) is 6.10 Å².